The number of rotatable bonds is 31. The van der Waals surface area contributed by atoms with Gasteiger partial charge >= 0.3 is 17.6 Å². The van der Waals surface area contributed by atoms with Crippen LogP contribution in [0.25, 0.3) is 0 Å². The van der Waals surface area contributed by atoms with E-state index in [2.05, 4.69) is 107 Å². The lowest BCUT2D eigenvalue weighted by Gasteiger charge is -2.39. The van der Waals surface area contributed by atoms with Crippen LogP contribution in [0, 0.1) is 0 Å². The quantitative estimate of drug-likeness (QED) is 0.0209. The van der Waals surface area contributed by atoms with Gasteiger partial charge in [-0.25, -0.2) is 0 Å². The fourth-order valence-corrected chi connectivity index (χ4v) is 17.5. The molecule has 4 rings (SSSR count). The molecular formula is C48H68N2O6S4Si2. The highest BCUT2D eigenvalue weighted by Crippen LogP contribution is 2.39. The average molecular weight is 954 g/mol. The maximum Gasteiger partial charge on any atom is 0.511 e. The third kappa shape index (κ3) is 16.2. The van der Waals surface area contributed by atoms with E-state index in [1.54, 1.807) is 0 Å². The summed E-state index contributed by atoms with van der Waals surface area (Å²) in [6.45, 7) is 17.6. The van der Waals surface area contributed by atoms with Gasteiger partial charge in [-0.15, -0.1) is 0 Å². The Morgan fingerprint density at radius 1 is 0.419 bits per heavy atom. The van der Waals surface area contributed by atoms with E-state index in [4.69, 9.17) is 51.0 Å². The lowest BCUT2D eigenvalue weighted by Crippen LogP contribution is -2.55. The number of thiocarbonyl (C=S) groups is 2. The highest BCUT2D eigenvalue weighted by atomic mass is 33.1. The zero-order valence-electron chi connectivity index (χ0n) is 37.6. The van der Waals surface area contributed by atoms with Gasteiger partial charge in [0, 0.05) is 77.3 Å². The van der Waals surface area contributed by atoms with Crippen molar-refractivity contribution in [2.75, 3.05) is 51.1 Å². The van der Waals surface area contributed by atoms with Crippen LogP contribution in [-0.2, 0) is 52.7 Å². The minimum atomic E-state index is -3.29. The van der Waals surface area contributed by atoms with Crippen molar-refractivity contribution >= 4 is 73.6 Å². The fraction of sp³-hybridized carbons (Fsp3) is 0.458. The molecule has 4 aromatic carbocycles. The van der Waals surface area contributed by atoms with Gasteiger partial charge in [-0.05, 0) is 76.6 Å². The normalized spacial score (nSPS) is 12.8. The van der Waals surface area contributed by atoms with Crippen molar-refractivity contribution in [3.63, 3.8) is 0 Å². The van der Waals surface area contributed by atoms with Crippen LogP contribution in [0.4, 0.5) is 0 Å². The largest absolute Gasteiger partial charge is 0.511 e. The van der Waals surface area contributed by atoms with E-state index in [-0.39, 0.29) is 11.1 Å². The van der Waals surface area contributed by atoms with Gasteiger partial charge in [-0.2, -0.15) is 0 Å². The lowest BCUT2D eigenvalue weighted by molar-refractivity contribution is 0.0648. The molecule has 8 nitrogen and oxygen atoms in total. The predicted octanol–water partition coefficient (Wildman–Crippen LogP) is 12.0. The molecule has 0 spiro atoms. The molecule has 4 aromatic rings. The number of hydrogen-bond donors (Lipinski definition) is 0. The third-order valence-electron chi connectivity index (χ3n) is 10.1. The van der Waals surface area contributed by atoms with Gasteiger partial charge in [0.2, 0.25) is 0 Å². The van der Waals surface area contributed by atoms with Crippen molar-refractivity contribution in [1.82, 2.24) is 9.80 Å². The van der Waals surface area contributed by atoms with Crippen molar-refractivity contribution in [1.29, 1.82) is 0 Å². The molecule has 2 atom stereocenters. The van der Waals surface area contributed by atoms with Crippen LogP contribution in [0.1, 0.15) is 76.6 Å². The second-order valence-corrected chi connectivity index (χ2v) is 23.5. The monoisotopic (exact) mass is 952 g/mol. The summed E-state index contributed by atoms with van der Waals surface area (Å²) in [5, 5.41) is 0. The van der Waals surface area contributed by atoms with E-state index in [1.807, 2.05) is 87.4 Å². The number of nitrogens with zero attached hydrogens (tertiary/aromatic N) is 2. The number of benzene rings is 4. The van der Waals surface area contributed by atoms with Gasteiger partial charge in [0.1, 0.15) is 0 Å². The molecule has 0 saturated heterocycles. The highest BCUT2D eigenvalue weighted by Gasteiger charge is 2.53. The molecule has 0 bridgehead atoms. The summed E-state index contributed by atoms with van der Waals surface area (Å²) in [5.41, 5.74) is 4.31. The molecule has 62 heavy (non-hydrogen) atoms. The Morgan fingerprint density at radius 3 is 0.855 bits per heavy atom. The van der Waals surface area contributed by atoms with Gasteiger partial charge < -0.3 is 36.4 Å². The van der Waals surface area contributed by atoms with Gasteiger partial charge in [0.05, 0.1) is 21.1 Å². The van der Waals surface area contributed by atoms with E-state index in [0.29, 0.717) is 65.8 Å². The van der Waals surface area contributed by atoms with Crippen LogP contribution >= 0.6 is 46.0 Å². The van der Waals surface area contributed by atoms with E-state index in [1.165, 1.54) is 22.3 Å². The van der Waals surface area contributed by atoms with Crippen molar-refractivity contribution in [2.45, 2.75) is 91.6 Å². The molecule has 2 unspecified atom stereocenters. The first-order chi connectivity index (χ1) is 30.3. The summed E-state index contributed by atoms with van der Waals surface area (Å²) in [4.78, 5) is 6.24. The Bertz CT molecular complexity index is 1570. The summed E-state index contributed by atoms with van der Waals surface area (Å²) < 4.78 is 39.6. The summed E-state index contributed by atoms with van der Waals surface area (Å²) in [5.74, 6) is 1.63. The van der Waals surface area contributed by atoms with Crippen LogP contribution in [-0.4, -0.2) is 88.5 Å². The minimum Gasteiger partial charge on any atom is -0.373 e. The first kappa shape index (κ1) is 52.2. The van der Waals surface area contributed by atoms with Crippen molar-refractivity contribution in [3.8, 4) is 0 Å². The maximum atomic E-state index is 6.60. The van der Waals surface area contributed by atoms with Gasteiger partial charge in [0.25, 0.3) is 0 Å². The molecule has 0 saturated carbocycles. The van der Waals surface area contributed by atoms with E-state index < -0.39 is 17.6 Å². The Morgan fingerprint density at radius 2 is 0.645 bits per heavy atom. The minimum absolute atomic E-state index is 0.225. The molecule has 0 heterocycles. The average Bonchev–Trinajstić information content (AvgIpc) is 3.28. The second-order valence-electron chi connectivity index (χ2n) is 14.5. The fourth-order valence-electron chi connectivity index (χ4n) is 7.49. The Kier molecular flexibility index (Phi) is 24.5. The molecule has 0 aliphatic carbocycles. The third-order valence-corrected chi connectivity index (χ3v) is 21.0. The Hall–Kier alpha value is -2.45. The van der Waals surface area contributed by atoms with Crippen LogP contribution < -0.4 is 0 Å². The van der Waals surface area contributed by atoms with Gasteiger partial charge in [0.15, 0.2) is 0 Å². The standard InChI is InChI=1S/C48H68N2O6S4Si2/c1-7-51-61(52-8-2,53-9-3)45(47(57)49(37-41-25-17-13-18-26-41)38-42-27-19-14-20-28-42)33-35-59-60-36-34-46(62(54-10-4,55-11-5)56-12-6)48(58)50(39-43-29-21-15-22-30-43)40-44-31-23-16-24-32-44/h13-32,45-46H,7-12,33-40H2,1-6H3. The summed E-state index contributed by atoms with van der Waals surface area (Å²) in [6.07, 6.45) is 1.48. The van der Waals surface area contributed by atoms with Crippen molar-refractivity contribution in [2.24, 2.45) is 0 Å². The SMILES string of the molecule is CCO[Si](OCC)(OCC)C(CCSSCCC(C(=S)N(Cc1ccccc1)Cc1ccccc1)[Si](OCC)(OCC)OCC)C(=S)N(Cc1ccccc1)Cc1ccccc1. The molecule has 0 aliphatic heterocycles. The first-order valence-corrected chi connectivity index (χ1v) is 29.0. The zero-order chi connectivity index (χ0) is 44.5. The molecule has 14 heteroatoms. The number of hydrogen-bond acceptors (Lipinski definition) is 10. The molecule has 0 N–H and O–H groups in total. The molecule has 0 aliphatic rings. The summed E-state index contributed by atoms with van der Waals surface area (Å²) in [7, 11) is -2.90. The van der Waals surface area contributed by atoms with Crippen molar-refractivity contribution in [3.05, 3.63) is 144 Å². The van der Waals surface area contributed by atoms with E-state index >= 15 is 0 Å². The smallest absolute Gasteiger partial charge is 0.373 e. The molecule has 0 fully saturated rings. The summed E-state index contributed by atoms with van der Waals surface area (Å²) >= 11 is 13.1. The second kappa shape index (κ2) is 29.2. The zero-order valence-corrected chi connectivity index (χ0v) is 42.8. The Balaban J connectivity index is 1.59. The molecule has 0 radical (unpaired) electrons. The molecule has 0 aromatic heterocycles. The Labute approximate surface area is 393 Å². The van der Waals surface area contributed by atoms with E-state index in [9.17, 15) is 0 Å². The molecular weight excluding hydrogens is 885 g/mol. The lowest BCUT2D eigenvalue weighted by atomic mass is 10.1. The van der Waals surface area contributed by atoms with Crippen molar-refractivity contribution < 1.29 is 26.6 Å². The van der Waals surface area contributed by atoms with Crippen LogP contribution in [0.3, 0.4) is 0 Å². The molecule has 338 valence electrons. The van der Waals surface area contributed by atoms with Crippen LogP contribution in [0.2, 0.25) is 11.1 Å². The predicted molar refractivity (Wildman–Crippen MR) is 272 cm³/mol. The van der Waals surface area contributed by atoms with Crippen LogP contribution in [0.15, 0.2) is 121 Å². The highest BCUT2D eigenvalue weighted by molar-refractivity contribution is 8.76. The van der Waals surface area contributed by atoms with Gasteiger partial charge in [-0.1, -0.05) is 167 Å². The topological polar surface area (TPSA) is 61.9 Å². The van der Waals surface area contributed by atoms with Gasteiger partial charge in [-0.3, -0.25) is 0 Å². The molecule has 0 amide bonds. The summed E-state index contributed by atoms with van der Waals surface area (Å²) in [6, 6.07) is 42.1. The first-order valence-electron chi connectivity index (χ1n) is 22.1. The van der Waals surface area contributed by atoms with E-state index in [0.717, 1.165) is 34.3 Å². The maximum absolute atomic E-state index is 6.60. The van der Waals surface area contributed by atoms with Crippen LogP contribution in [0.5, 0.6) is 0 Å².